The van der Waals surface area contributed by atoms with Gasteiger partial charge in [0, 0.05) is 0 Å². The van der Waals surface area contributed by atoms with E-state index in [1.807, 2.05) is 76.2 Å². The first kappa shape index (κ1) is 19.4. The molecule has 0 spiro atoms. The van der Waals surface area contributed by atoms with E-state index in [-0.39, 0.29) is 0 Å². The number of hydrogen-bond donors (Lipinski definition) is 0. The van der Waals surface area contributed by atoms with E-state index in [9.17, 15) is 0 Å². The number of hydrogen-bond acceptors (Lipinski definition) is 2. The van der Waals surface area contributed by atoms with Crippen LogP contribution in [0.5, 0.6) is 0 Å². The van der Waals surface area contributed by atoms with Gasteiger partial charge in [0.1, 0.15) is 0 Å². The highest BCUT2D eigenvalue weighted by atomic mass is 28.4. The third-order valence-corrected chi connectivity index (χ3v) is 7.92. The van der Waals surface area contributed by atoms with Crippen LogP contribution in [0.3, 0.4) is 0 Å². The lowest BCUT2D eigenvalue weighted by atomic mass is 10.1. The largest absolute Gasteiger partial charge is 0.408 e. The minimum absolute atomic E-state index is 0.533. The van der Waals surface area contributed by atoms with E-state index in [4.69, 9.17) is 8.85 Å². The van der Waals surface area contributed by atoms with Crippen LogP contribution in [0, 0.1) is 0 Å². The van der Waals surface area contributed by atoms with E-state index in [0.717, 1.165) is 10.4 Å². The highest BCUT2D eigenvalue weighted by Crippen LogP contribution is 2.25. The molecule has 0 saturated heterocycles. The summed E-state index contributed by atoms with van der Waals surface area (Å²) in [6.45, 7) is 15.9. The van der Waals surface area contributed by atoms with Crippen molar-refractivity contribution in [3.05, 3.63) is 86.0 Å². The molecule has 3 heteroatoms. The molecule has 0 heterocycles. The van der Waals surface area contributed by atoms with E-state index in [2.05, 4.69) is 37.4 Å². The summed E-state index contributed by atoms with van der Waals surface area (Å²) in [5, 5.41) is 2.12. The van der Waals surface area contributed by atoms with Crippen LogP contribution in [0.4, 0.5) is 0 Å². The quantitative estimate of drug-likeness (QED) is 0.523. The third kappa shape index (κ3) is 4.57. The molecule has 0 N–H and O–H groups in total. The molecule has 0 atom stereocenters. The Hall–Kier alpha value is -1.94. The van der Waals surface area contributed by atoms with Gasteiger partial charge in [-0.05, 0) is 38.1 Å². The summed E-state index contributed by atoms with van der Waals surface area (Å²) >= 11 is 0. The fourth-order valence-corrected chi connectivity index (χ4v) is 6.32. The molecule has 0 amide bonds. The Kier molecular flexibility index (Phi) is 5.83. The Morgan fingerprint density at radius 3 is 1.28 bits per heavy atom. The molecule has 2 aromatic rings. The molecule has 0 aromatic heterocycles. The molecule has 132 valence electrons. The molecule has 0 saturated carbocycles. The molecule has 0 aliphatic rings. The van der Waals surface area contributed by atoms with E-state index < -0.39 is 19.8 Å². The number of benzene rings is 2. The summed E-state index contributed by atoms with van der Waals surface area (Å²) in [6, 6.07) is 20.4. The average molecular weight is 353 g/mol. The van der Waals surface area contributed by atoms with Gasteiger partial charge < -0.3 is 8.85 Å². The second-order valence-corrected chi connectivity index (χ2v) is 9.96. The molecule has 0 unspecified atom stereocenters. The van der Waals surface area contributed by atoms with Crippen molar-refractivity contribution in [1.82, 2.24) is 0 Å². The van der Waals surface area contributed by atoms with Crippen molar-refractivity contribution < 1.29 is 8.85 Å². The second-order valence-electron chi connectivity index (χ2n) is 7.17. The first-order valence-corrected chi connectivity index (χ1v) is 10.3. The molecular formula is C22H28O2Si. The van der Waals surface area contributed by atoms with Crippen molar-refractivity contribution in [1.29, 1.82) is 0 Å². The van der Waals surface area contributed by atoms with Crippen molar-refractivity contribution in [3.63, 3.8) is 0 Å². The van der Waals surface area contributed by atoms with Crippen LogP contribution >= 0.6 is 0 Å². The first-order valence-electron chi connectivity index (χ1n) is 8.53. The summed E-state index contributed by atoms with van der Waals surface area (Å²) in [5.41, 5.74) is -1.07. The van der Waals surface area contributed by atoms with Gasteiger partial charge in [-0.25, -0.2) is 0 Å². The molecule has 0 radical (unpaired) electrons. The van der Waals surface area contributed by atoms with Crippen LogP contribution in [-0.4, -0.2) is 19.8 Å². The van der Waals surface area contributed by atoms with Crippen molar-refractivity contribution >= 4 is 18.9 Å². The van der Waals surface area contributed by atoms with Gasteiger partial charge in [-0.15, -0.1) is 13.2 Å². The van der Waals surface area contributed by atoms with Gasteiger partial charge in [0.25, 0.3) is 0 Å². The van der Waals surface area contributed by atoms with Crippen LogP contribution in [0.25, 0.3) is 0 Å². The highest BCUT2D eigenvalue weighted by molar-refractivity contribution is 6.92. The molecule has 0 fully saturated rings. The van der Waals surface area contributed by atoms with Gasteiger partial charge in [0.15, 0.2) is 0 Å². The van der Waals surface area contributed by atoms with E-state index in [1.54, 1.807) is 0 Å². The molecule has 0 aliphatic carbocycles. The predicted molar refractivity (Wildman–Crippen MR) is 109 cm³/mol. The van der Waals surface area contributed by atoms with Crippen molar-refractivity contribution in [3.8, 4) is 0 Å². The van der Waals surface area contributed by atoms with Gasteiger partial charge in [-0.3, -0.25) is 0 Å². The average Bonchev–Trinajstić information content (AvgIpc) is 2.62. The van der Waals surface area contributed by atoms with Crippen molar-refractivity contribution in [2.75, 3.05) is 0 Å². The topological polar surface area (TPSA) is 18.5 Å². The minimum Gasteiger partial charge on any atom is -0.379 e. The van der Waals surface area contributed by atoms with Crippen LogP contribution in [0.1, 0.15) is 27.7 Å². The molecule has 0 aliphatic heterocycles. The van der Waals surface area contributed by atoms with Gasteiger partial charge >= 0.3 is 8.56 Å². The van der Waals surface area contributed by atoms with Crippen molar-refractivity contribution in [2.24, 2.45) is 0 Å². The van der Waals surface area contributed by atoms with Crippen LogP contribution in [0.15, 0.2) is 86.0 Å². The predicted octanol–water partition coefficient (Wildman–Crippen LogP) is 4.21. The lowest BCUT2D eigenvalue weighted by Crippen LogP contribution is -2.68. The lowest BCUT2D eigenvalue weighted by Gasteiger charge is -2.41. The van der Waals surface area contributed by atoms with E-state index in [1.165, 1.54) is 0 Å². The Bertz CT molecular complexity index is 642. The molecule has 0 bridgehead atoms. The zero-order valence-corrected chi connectivity index (χ0v) is 16.7. The van der Waals surface area contributed by atoms with Crippen LogP contribution < -0.4 is 10.4 Å². The Morgan fingerprint density at radius 2 is 1.00 bits per heavy atom. The second kappa shape index (κ2) is 7.52. The molecule has 2 rings (SSSR count). The first-order chi connectivity index (χ1) is 11.7. The Balaban J connectivity index is 2.73. The lowest BCUT2D eigenvalue weighted by molar-refractivity contribution is 0.0559. The maximum Gasteiger partial charge on any atom is 0.408 e. The van der Waals surface area contributed by atoms with Gasteiger partial charge in [0.2, 0.25) is 0 Å². The standard InChI is InChI=1S/C22H28O2Si/c1-7-21(3,4)23-25(24-22(5,6)8-2,19-15-11-9-12-16-19)20-17-13-10-14-18-20/h7-18H,1-2H2,3-6H3. The summed E-state index contributed by atoms with van der Waals surface area (Å²) in [5.74, 6) is 0. The summed E-state index contributed by atoms with van der Waals surface area (Å²) in [7, 11) is -3.00. The molecule has 2 nitrogen and oxygen atoms in total. The molecular weight excluding hydrogens is 324 g/mol. The van der Waals surface area contributed by atoms with Crippen LogP contribution in [0.2, 0.25) is 0 Å². The Labute approximate surface area is 153 Å². The summed E-state index contributed by atoms with van der Waals surface area (Å²) < 4.78 is 13.5. The van der Waals surface area contributed by atoms with Gasteiger partial charge in [-0.2, -0.15) is 0 Å². The zero-order chi connectivity index (χ0) is 18.6. The maximum atomic E-state index is 6.74. The highest BCUT2D eigenvalue weighted by Gasteiger charge is 2.49. The van der Waals surface area contributed by atoms with Gasteiger partial charge in [-0.1, -0.05) is 72.8 Å². The smallest absolute Gasteiger partial charge is 0.379 e. The monoisotopic (exact) mass is 352 g/mol. The number of rotatable bonds is 8. The fraction of sp³-hybridized carbons (Fsp3) is 0.273. The van der Waals surface area contributed by atoms with Gasteiger partial charge in [0.05, 0.1) is 11.2 Å². The normalized spacial score (nSPS) is 12.6. The fourth-order valence-electron chi connectivity index (χ4n) is 2.56. The van der Waals surface area contributed by atoms with E-state index in [0.29, 0.717) is 0 Å². The summed E-state index contributed by atoms with van der Waals surface area (Å²) in [4.78, 5) is 0. The summed E-state index contributed by atoms with van der Waals surface area (Å²) in [6.07, 6.45) is 3.65. The van der Waals surface area contributed by atoms with Crippen molar-refractivity contribution in [2.45, 2.75) is 38.9 Å². The third-order valence-electron chi connectivity index (χ3n) is 4.10. The SMILES string of the molecule is C=CC(C)(C)O[Si](OC(C)(C)C=C)(c1ccccc1)c1ccccc1. The zero-order valence-electron chi connectivity index (χ0n) is 15.7. The van der Waals surface area contributed by atoms with Crippen LogP contribution in [-0.2, 0) is 8.85 Å². The molecule has 2 aromatic carbocycles. The maximum absolute atomic E-state index is 6.74. The Morgan fingerprint density at radius 1 is 0.680 bits per heavy atom. The van der Waals surface area contributed by atoms with E-state index >= 15 is 0 Å². The molecule has 25 heavy (non-hydrogen) atoms. The minimum atomic E-state index is -3.00.